The zero-order valence-corrected chi connectivity index (χ0v) is 19.4. The number of likely N-dealkylation sites (tertiary alicyclic amines) is 1. The van der Waals surface area contributed by atoms with Crippen LogP contribution in [-0.2, 0) is 0 Å². The van der Waals surface area contributed by atoms with Gasteiger partial charge in [-0.25, -0.2) is 4.79 Å². The molecule has 0 aliphatic carbocycles. The molecule has 2 N–H and O–H groups in total. The number of rotatable bonds is 8. The van der Waals surface area contributed by atoms with Crippen molar-refractivity contribution in [1.82, 2.24) is 29.8 Å². The first kappa shape index (κ1) is 22.1. The summed E-state index contributed by atoms with van der Waals surface area (Å²) in [6.45, 7) is 9.05. The van der Waals surface area contributed by atoms with Crippen LogP contribution in [0, 0.1) is 5.92 Å². The van der Waals surface area contributed by atoms with E-state index in [9.17, 15) is 9.90 Å². The second kappa shape index (κ2) is 8.94. The van der Waals surface area contributed by atoms with Crippen molar-refractivity contribution in [2.75, 3.05) is 26.2 Å². The molecule has 1 aromatic carbocycles. The number of nitrogens with one attached hydrogen (secondary N) is 1. The number of ether oxygens (including phenoxy) is 1. The highest BCUT2D eigenvalue weighted by atomic mass is 16.5. The highest BCUT2D eigenvalue weighted by Gasteiger charge is 2.31. The van der Waals surface area contributed by atoms with Gasteiger partial charge in [-0.3, -0.25) is 14.5 Å². The lowest BCUT2D eigenvalue weighted by Gasteiger charge is -2.39. The summed E-state index contributed by atoms with van der Waals surface area (Å²) in [6, 6.07) is 10.6. The van der Waals surface area contributed by atoms with Crippen molar-refractivity contribution in [2.45, 2.75) is 32.7 Å². The lowest BCUT2D eigenvalue weighted by molar-refractivity contribution is 0.0872. The van der Waals surface area contributed by atoms with E-state index in [2.05, 4.69) is 46.0 Å². The molecule has 4 aromatic rings. The van der Waals surface area contributed by atoms with Gasteiger partial charge in [0.2, 0.25) is 0 Å². The summed E-state index contributed by atoms with van der Waals surface area (Å²) >= 11 is 0. The van der Waals surface area contributed by atoms with Crippen molar-refractivity contribution >= 4 is 11.2 Å². The van der Waals surface area contributed by atoms with Crippen molar-refractivity contribution < 1.29 is 14.4 Å². The van der Waals surface area contributed by atoms with Crippen LogP contribution in [0.25, 0.3) is 22.4 Å². The molecule has 4 heterocycles. The third kappa shape index (κ3) is 4.16. The molecule has 0 saturated carbocycles. The first-order chi connectivity index (χ1) is 16.4. The largest absolute Gasteiger partial charge is 0.507 e. The molecule has 34 heavy (non-hydrogen) atoms. The molecule has 0 unspecified atom stereocenters. The maximum atomic E-state index is 12.6. The topological polar surface area (TPSA) is 122 Å². The van der Waals surface area contributed by atoms with Crippen LogP contribution in [0.2, 0.25) is 0 Å². The Morgan fingerprint density at radius 2 is 2.00 bits per heavy atom. The van der Waals surface area contributed by atoms with Gasteiger partial charge in [-0.15, -0.1) is 10.2 Å². The average Bonchev–Trinajstić information content (AvgIpc) is 3.38. The number of hydrogen-bond acceptors (Lipinski definition) is 8. The van der Waals surface area contributed by atoms with Gasteiger partial charge in [-0.2, -0.15) is 0 Å². The van der Waals surface area contributed by atoms with Crippen LogP contribution >= 0.6 is 0 Å². The number of aromatic amines is 1. The van der Waals surface area contributed by atoms with Crippen LogP contribution in [-0.4, -0.2) is 61.2 Å². The van der Waals surface area contributed by atoms with E-state index < -0.39 is 0 Å². The molecule has 1 aliphatic rings. The standard InChI is InChI=1S/C24H28N6O4/c1-14(2)15(3)21-11-22(28-34-21)33-9-8-29-12-16(13-29)30-19-10-18(17-6-4-5-7-20(17)31)26-27-23(19)25-24(30)32/h4-7,10-11,14-16,31H,8-9,12-13H2,1-3H3,(H,25,27,32)/t15-/m1/s1. The van der Waals surface area contributed by atoms with Crippen molar-refractivity contribution in [3.63, 3.8) is 0 Å². The third-order valence-corrected chi connectivity index (χ3v) is 6.57. The Kier molecular flexibility index (Phi) is 5.82. The zero-order chi connectivity index (χ0) is 23.8. The molecule has 3 aromatic heterocycles. The summed E-state index contributed by atoms with van der Waals surface area (Å²) in [5.41, 5.74) is 1.98. The van der Waals surface area contributed by atoms with Gasteiger partial charge in [0.05, 0.1) is 17.3 Å². The predicted octanol–water partition coefficient (Wildman–Crippen LogP) is 3.18. The fourth-order valence-corrected chi connectivity index (χ4v) is 4.16. The molecule has 0 amide bonds. The lowest BCUT2D eigenvalue weighted by atomic mass is 9.96. The number of aromatic hydroxyl groups is 1. The average molecular weight is 465 g/mol. The van der Waals surface area contributed by atoms with E-state index >= 15 is 0 Å². The Balaban J connectivity index is 1.22. The number of benzene rings is 1. The van der Waals surface area contributed by atoms with Gasteiger partial charge in [0, 0.05) is 37.2 Å². The summed E-state index contributed by atoms with van der Waals surface area (Å²) in [7, 11) is 0. The van der Waals surface area contributed by atoms with E-state index in [0.29, 0.717) is 40.8 Å². The molecule has 10 nitrogen and oxygen atoms in total. The maximum Gasteiger partial charge on any atom is 0.328 e. The molecule has 1 saturated heterocycles. The van der Waals surface area contributed by atoms with Crippen LogP contribution in [0.3, 0.4) is 0 Å². The maximum absolute atomic E-state index is 12.6. The monoisotopic (exact) mass is 464 g/mol. The number of para-hydroxylation sites is 1. The van der Waals surface area contributed by atoms with Gasteiger partial charge in [0.1, 0.15) is 18.1 Å². The van der Waals surface area contributed by atoms with E-state index in [1.165, 1.54) is 0 Å². The van der Waals surface area contributed by atoms with Crippen molar-refractivity contribution in [1.29, 1.82) is 0 Å². The fourth-order valence-electron chi connectivity index (χ4n) is 4.16. The highest BCUT2D eigenvalue weighted by Crippen LogP contribution is 2.30. The van der Waals surface area contributed by atoms with E-state index in [1.54, 1.807) is 28.8 Å². The molecular formula is C24H28N6O4. The van der Waals surface area contributed by atoms with Gasteiger partial charge in [-0.1, -0.05) is 32.9 Å². The summed E-state index contributed by atoms with van der Waals surface area (Å²) in [5, 5.41) is 22.5. The summed E-state index contributed by atoms with van der Waals surface area (Å²) < 4.78 is 12.9. The molecule has 1 aliphatic heterocycles. The quantitative estimate of drug-likeness (QED) is 0.408. The Hall–Kier alpha value is -3.66. The Labute approximate surface area is 196 Å². The molecule has 0 radical (unpaired) electrons. The van der Waals surface area contributed by atoms with Crippen LogP contribution < -0.4 is 10.4 Å². The number of fused-ring (bicyclic) bond motifs is 1. The van der Waals surface area contributed by atoms with Gasteiger partial charge < -0.3 is 14.4 Å². The second-order valence-electron chi connectivity index (χ2n) is 9.14. The fraction of sp³-hybridized carbons (Fsp3) is 0.417. The minimum atomic E-state index is -0.214. The molecule has 0 bridgehead atoms. The number of hydrogen-bond donors (Lipinski definition) is 2. The Bertz CT molecular complexity index is 1350. The number of aromatic nitrogens is 5. The van der Waals surface area contributed by atoms with Crippen LogP contribution in [0.4, 0.5) is 0 Å². The molecule has 5 rings (SSSR count). The van der Waals surface area contributed by atoms with Gasteiger partial charge >= 0.3 is 5.69 Å². The smallest absolute Gasteiger partial charge is 0.328 e. The first-order valence-corrected chi connectivity index (χ1v) is 11.5. The lowest BCUT2D eigenvalue weighted by Crippen LogP contribution is -2.51. The van der Waals surface area contributed by atoms with Crippen molar-refractivity contribution in [3.05, 3.63) is 52.6 Å². The third-order valence-electron chi connectivity index (χ3n) is 6.57. The number of nitrogens with zero attached hydrogens (tertiary/aromatic N) is 5. The first-order valence-electron chi connectivity index (χ1n) is 11.5. The van der Waals surface area contributed by atoms with E-state index in [4.69, 9.17) is 9.26 Å². The molecule has 1 atom stereocenters. The summed E-state index contributed by atoms with van der Waals surface area (Å²) in [4.78, 5) is 17.6. The van der Waals surface area contributed by atoms with Gasteiger partial charge in [-0.05, 0) is 29.3 Å². The summed E-state index contributed by atoms with van der Waals surface area (Å²) in [5.74, 6) is 2.20. The van der Waals surface area contributed by atoms with E-state index in [0.717, 1.165) is 25.4 Å². The van der Waals surface area contributed by atoms with Gasteiger partial charge in [0.15, 0.2) is 5.65 Å². The minimum Gasteiger partial charge on any atom is -0.507 e. The normalized spacial score (nSPS) is 15.6. The molecule has 1 fully saturated rings. The number of phenols is 1. The predicted molar refractivity (Wildman–Crippen MR) is 126 cm³/mol. The van der Waals surface area contributed by atoms with E-state index in [-0.39, 0.29) is 23.4 Å². The zero-order valence-electron chi connectivity index (χ0n) is 19.4. The highest BCUT2D eigenvalue weighted by molar-refractivity contribution is 5.78. The minimum absolute atomic E-state index is 0.0215. The second-order valence-corrected chi connectivity index (χ2v) is 9.14. The molecule has 10 heteroatoms. The van der Waals surface area contributed by atoms with Crippen LogP contribution in [0.1, 0.15) is 38.5 Å². The Morgan fingerprint density at radius 3 is 2.76 bits per heavy atom. The van der Waals surface area contributed by atoms with Crippen LogP contribution in [0.5, 0.6) is 11.6 Å². The van der Waals surface area contributed by atoms with Gasteiger partial charge in [0.25, 0.3) is 5.88 Å². The van der Waals surface area contributed by atoms with Crippen molar-refractivity contribution in [3.8, 4) is 22.9 Å². The van der Waals surface area contributed by atoms with Crippen molar-refractivity contribution in [2.24, 2.45) is 5.92 Å². The molecular weight excluding hydrogens is 436 g/mol. The van der Waals surface area contributed by atoms with Crippen LogP contribution in [0.15, 0.2) is 45.7 Å². The number of phenolic OH excluding ortho intramolecular Hbond substituents is 1. The summed E-state index contributed by atoms with van der Waals surface area (Å²) in [6.07, 6.45) is 0. The Morgan fingerprint density at radius 1 is 1.21 bits per heavy atom. The number of H-pyrrole nitrogens is 1. The molecule has 0 spiro atoms. The SMILES string of the molecule is CC(C)[C@@H](C)c1cc(OCCN2CC(n3c(=O)[nH]c4nnc(-c5ccccc5O)cc43)C2)no1. The van der Waals surface area contributed by atoms with E-state index in [1.807, 2.05) is 12.1 Å². The number of imidazole rings is 1. The molecule has 178 valence electrons.